The van der Waals surface area contributed by atoms with Gasteiger partial charge in [0.2, 0.25) is 0 Å². The minimum absolute atomic E-state index is 0.273. The van der Waals surface area contributed by atoms with E-state index in [4.69, 9.17) is 4.74 Å². The van der Waals surface area contributed by atoms with E-state index in [2.05, 4.69) is 31.1 Å². The Balaban J connectivity index is 2.40. The lowest BCUT2D eigenvalue weighted by Crippen LogP contribution is -2.33. The number of hydrogen-bond acceptors (Lipinski definition) is 3. The molecule has 3 nitrogen and oxygen atoms in total. The van der Waals surface area contributed by atoms with Crippen molar-refractivity contribution in [2.45, 2.75) is 26.4 Å². The molecule has 0 unspecified atom stereocenters. The molecule has 0 atom stereocenters. The van der Waals surface area contributed by atoms with Gasteiger partial charge in [-0.15, -0.1) is 0 Å². The zero-order valence-corrected chi connectivity index (χ0v) is 11.7. The average Bonchev–Trinajstić information content (AvgIpc) is 2.35. The van der Waals surface area contributed by atoms with Gasteiger partial charge in [0.25, 0.3) is 0 Å². The van der Waals surface area contributed by atoms with Gasteiger partial charge in [-0.1, -0.05) is 12.1 Å². The van der Waals surface area contributed by atoms with E-state index in [9.17, 15) is 4.39 Å². The number of ether oxygens (including phenoxy) is 1. The highest BCUT2D eigenvalue weighted by molar-refractivity contribution is 5.30. The molecule has 18 heavy (non-hydrogen) atoms. The Kier molecular flexibility index (Phi) is 6.09. The molecule has 102 valence electrons. The van der Waals surface area contributed by atoms with Crippen LogP contribution in [0.1, 0.15) is 19.4 Å². The predicted molar refractivity (Wildman–Crippen MR) is 72.4 cm³/mol. The smallest absolute Gasteiger partial charge is 0.169 e. The molecule has 0 amide bonds. The quantitative estimate of drug-likeness (QED) is 0.755. The van der Waals surface area contributed by atoms with Crippen molar-refractivity contribution in [3.8, 4) is 5.75 Å². The van der Waals surface area contributed by atoms with Gasteiger partial charge in [-0.3, -0.25) is 0 Å². The average molecular weight is 254 g/mol. The second kappa shape index (κ2) is 7.34. The van der Waals surface area contributed by atoms with Gasteiger partial charge in [0, 0.05) is 31.2 Å². The summed E-state index contributed by atoms with van der Waals surface area (Å²) in [7, 11) is 3.56. The molecule has 0 fully saturated rings. The minimum atomic E-state index is -0.273. The van der Waals surface area contributed by atoms with Crippen LogP contribution in [0, 0.1) is 5.82 Å². The highest BCUT2D eigenvalue weighted by Gasteiger charge is 2.08. The standard InChI is InChI=1S/C14H23FN2O/c1-11(2)17(3)9-8-16-10-12-6-5-7-13(18-4)14(12)15/h5-7,11,16H,8-10H2,1-4H3. The molecule has 1 rings (SSSR count). The van der Waals surface area contributed by atoms with Gasteiger partial charge in [0.15, 0.2) is 11.6 Å². The molecular formula is C14H23FN2O. The maximum atomic E-state index is 13.8. The maximum Gasteiger partial charge on any atom is 0.169 e. The van der Waals surface area contributed by atoms with Crippen molar-refractivity contribution in [3.63, 3.8) is 0 Å². The van der Waals surface area contributed by atoms with E-state index in [1.54, 1.807) is 18.2 Å². The summed E-state index contributed by atoms with van der Waals surface area (Å²) in [5.74, 6) is 0.0262. The van der Waals surface area contributed by atoms with Crippen LogP contribution in [-0.4, -0.2) is 38.2 Å². The molecule has 0 aliphatic heterocycles. The van der Waals surface area contributed by atoms with Crippen LogP contribution < -0.4 is 10.1 Å². The second-order valence-corrected chi connectivity index (χ2v) is 4.68. The van der Waals surface area contributed by atoms with Crippen LogP contribution in [0.15, 0.2) is 18.2 Å². The first kappa shape index (κ1) is 14.9. The maximum absolute atomic E-state index is 13.8. The fourth-order valence-corrected chi connectivity index (χ4v) is 1.59. The fraction of sp³-hybridized carbons (Fsp3) is 0.571. The number of benzene rings is 1. The molecule has 1 aromatic carbocycles. The first-order chi connectivity index (χ1) is 8.56. The van der Waals surface area contributed by atoms with Crippen LogP contribution in [0.3, 0.4) is 0 Å². The Morgan fingerprint density at radius 3 is 2.72 bits per heavy atom. The van der Waals surface area contributed by atoms with Crippen molar-refractivity contribution in [1.29, 1.82) is 0 Å². The molecule has 0 spiro atoms. The Morgan fingerprint density at radius 2 is 2.11 bits per heavy atom. The Morgan fingerprint density at radius 1 is 1.39 bits per heavy atom. The number of nitrogens with zero attached hydrogens (tertiary/aromatic N) is 1. The monoisotopic (exact) mass is 254 g/mol. The lowest BCUT2D eigenvalue weighted by molar-refractivity contribution is 0.273. The lowest BCUT2D eigenvalue weighted by Gasteiger charge is -2.21. The van der Waals surface area contributed by atoms with Crippen molar-refractivity contribution in [2.24, 2.45) is 0 Å². The summed E-state index contributed by atoms with van der Waals surface area (Å²) < 4.78 is 18.8. The Bertz CT molecular complexity index is 369. The van der Waals surface area contributed by atoms with E-state index < -0.39 is 0 Å². The van der Waals surface area contributed by atoms with Crippen LogP contribution in [0.4, 0.5) is 4.39 Å². The van der Waals surface area contributed by atoms with Crippen molar-refractivity contribution in [1.82, 2.24) is 10.2 Å². The first-order valence-corrected chi connectivity index (χ1v) is 6.28. The molecule has 0 saturated heterocycles. The third kappa shape index (κ3) is 4.27. The molecule has 0 heterocycles. The van der Waals surface area contributed by atoms with Gasteiger partial charge in [-0.25, -0.2) is 4.39 Å². The summed E-state index contributed by atoms with van der Waals surface area (Å²) in [5.41, 5.74) is 0.640. The second-order valence-electron chi connectivity index (χ2n) is 4.68. The van der Waals surface area contributed by atoms with Gasteiger partial charge >= 0.3 is 0 Å². The lowest BCUT2D eigenvalue weighted by atomic mass is 10.2. The van der Waals surface area contributed by atoms with E-state index >= 15 is 0 Å². The number of halogens is 1. The molecule has 0 saturated carbocycles. The third-order valence-electron chi connectivity index (χ3n) is 3.10. The number of hydrogen-bond donors (Lipinski definition) is 1. The SMILES string of the molecule is COc1cccc(CNCCN(C)C(C)C)c1F. The first-order valence-electron chi connectivity index (χ1n) is 6.28. The number of likely N-dealkylation sites (N-methyl/N-ethyl adjacent to an activating group) is 1. The molecular weight excluding hydrogens is 231 g/mol. The van der Waals surface area contributed by atoms with Crippen LogP contribution >= 0.6 is 0 Å². The Labute approximate surface area is 109 Å². The van der Waals surface area contributed by atoms with Gasteiger partial charge in [0.05, 0.1) is 7.11 Å². The number of nitrogens with one attached hydrogen (secondary N) is 1. The minimum Gasteiger partial charge on any atom is -0.494 e. The van der Waals surface area contributed by atoms with Crippen molar-refractivity contribution in [3.05, 3.63) is 29.6 Å². The molecule has 1 N–H and O–H groups in total. The van der Waals surface area contributed by atoms with E-state index in [-0.39, 0.29) is 5.82 Å². The van der Waals surface area contributed by atoms with Gasteiger partial charge < -0.3 is 15.0 Å². The van der Waals surface area contributed by atoms with Gasteiger partial charge in [-0.05, 0) is 27.0 Å². The normalized spacial score (nSPS) is 11.3. The molecule has 0 bridgehead atoms. The zero-order chi connectivity index (χ0) is 13.5. The summed E-state index contributed by atoms with van der Waals surface area (Å²) in [6.07, 6.45) is 0. The van der Waals surface area contributed by atoms with E-state index in [1.165, 1.54) is 7.11 Å². The molecule has 0 aromatic heterocycles. The molecule has 1 aromatic rings. The summed E-state index contributed by atoms with van der Waals surface area (Å²) in [5, 5.41) is 3.24. The molecule has 0 radical (unpaired) electrons. The van der Waals surface area contributed by atoms with Crippen LogP contribution in [0.25, 0.3) is 0 Å². The van der Waals surface area contributed by atoms with Gasteiger partial charge in [0.1, 0.15) is 0 Å². The van der Waals surface area contributed by atoms with E-state index in [0.717, 1.165) is 13.1 Å². The Hall–Kier alpha value is -1.13. The topological polar surface area (TPSA) is 24.5 Å². The number of rotatable bonds is 7. The highest BCUT2D eigenvalue weighted by atomic mass is 19.1. The fourth-order valence-electron chi connectivity index (χ4n) is 1.59. The van der Waals surface area contributed by atoms with Crippen molar-refractivity contribution in [2.75, 3.05) is 27.2 Å². The summed E-state index contributed by atoms with van der Waals surface area (Å²) in [6.45, 7) is 6.62. The predicted octanol–water partition coefficient (Wildman–Crippen LogP) is 2.26. The third-order valence-corrected chi connectivity index (χ3v) is 3.10. The van der Waals surface area contributed by atoms with Gasteiger partial charge in [-0.2, -0.15) is 0 Å². The van der Waals surface area contributed by atoms with E-state index in [0.29, 0.717) is 23.9 Å². The van der Waals surface area contributed by atoms with Crippen LogP contribution in [0.5, 0.6) is 5.75 Å². The summed E-state index contributed by atoms with van der Waals surface area (Å²) in [6, 6.07) is 5.74. The molecule has 0 aliphatic carbocycles. The van der Waals surface area contributed by atoms with E-state index in [1.807, 2.05) is 0 Å². The van der Waals surface area contributed by atoms with Crippen LogP contribution in [0.2, 0.25) is 0 Å². The zero-order valence-electron chi connectivity index (χ0n) is 11.7. The summed E-state index contributed by atoms with van der Waals surface area (Å²) in [4.78, 5) is 2.24. The largest absolute Gasteiger partial charge is 0.494 e. The van der Waals surface area contributed by atoms with Crippen molar-refractivity contribution >= 4 is 0 Å². The number of methoxy groups -OCH3 is 1. The molecule has 4 heteroatoms. The van der Waals surface area contributed by atoms with Crippen molar-refractivity contribution < 1.29 is 9.13 Å². The highest BCUT2D eigenvalue weighted by Crippen LogP contribution is 2.19. The summed E-state index contributed by atoms with van der Waals surface area (Å²) >= 11 is 0. The van der Waals surface area contributed by atoms with Crippen LogP contribution in [-0.2, 0) is 6.54 Å². The molecule has 0 aliphatic rings.